The van der Waals surface area contributed by atoms with Crippen molar-refractivity contribution in [3.8, 4) is 0 Å². The van der Waals surface area contributed by atoms with E-state index in [1.807, 2.05) is 58.9 Å². The Morgan fingerprint density at radius 1 is 0.982 bits per heavy atom. The molecule has 0 bridgehead atoms. The zero-order chi connectivity index (χ0) is 41.2. The Balaban J connectivity index is 0.00000236. The number of hydrogen-bond donors (Lipinski definition) is 3. The maximum atomic E-state index is 12.8. The van der Waals surface area contributed by atoms with Gasteiger partial charge >= 0.3 is 29.3 Å². The number of ether oxygens (including phenoxy) is 4. The van der Waals surface area contributed by atoms with Crippen molar-refractivity contribution in [3.05, 3.63) is 63.4 Å². The molecule has 8 atom stereocenters. The van der Waals surface area contributed by atoms with Gasteiger partial charge in [-0.25, -0.2) is 11.9 Å². The topological polar surface area (TPSA) is 118 Å². The number of alkyl carbamates (subject to hydrolysis) is 1. The van der Waals surface area contributed by atoms with Crippen LogP contribution in [0, 0.1) is 62.4 Å². The van der Waals surface area contributed by atoms with Gasteiger partial charge in [0.15, 0.2) is 6.29 Å². The van der Waals surface area contributed by atoms with Crippen LogP contribution in [0.15, 0.2) is 35.9 Å². The van der Waals surface area contributed by atoms with E-state index in [0.29, 0.717) is 37.4 Å². The van der Waals surface area contributed by atoms with Crippen LogP contribution in [0.4, 0.5) is 10.5 Å². The monoisotopic (exact) mass is 977 g/mol. The Labute approximate surface area is 361 Å². The first kappa shape index (κ1) is 55.4. The first-order valence-electron chi connectivity index (χ1n) is 21.3. The van der Waals surface area contributed by atoms with E-state index < -0.39 is 6.29 Å². The Bertz CT molecular complexity index is 1270. The molecular formula is C48H86N3O5Os-3. The van der Waals surface area contributed by atoms with Gasteiger partial charge in [0.25, 0.3) is 0 Å². The van der Waals surface area contributed by atoms with Gasteiger partial charge in [-0.05, 0) is 125 Å². The molecule has 3 fully saturated rings. The number of fused-ring (bicyclic) bond motifs is 5. The van der Waals surface area contributed by atoms with E-state index in [-0.39, 0.29) is 38.1 Å². The molecule has 0 heterocycles. The number of nitrogens with one attached hydrogen (secondary N) is 1. The average molecular weight is 975 g/mol. The third kappa shape index (κ3) is 16.4. The van der Waals surface area contributed by atoms with Crippen LogP contribution in [-0.2, 0) is 37.1 Å². The minimum absolute atomic E-state index is 0. The van der Waals surface area contributed by atoms with Crippen molar-refractivity contribution < 1.29 is 41.9 Å². The van der Waals surface area contributed by atoms with Crippen molar-refractivity contribution in [1.29, 1.82) is 0 Å². The molecule has 1 amide bonds. The Morgan fingerprint density at radius 3 is 2.21 bits per heavy atom. The molecule has 0 spiro atoms. The number of carbonyl (C=O) groups is 1. The molecule has 334 valence electrons. The van der Waals surface area contributed by atoms with Crippen molar-refractivity contribution in [2.24, 2.45) is 46.2 Å². The molecule has 3 saturated carbocycles. The molecule has 0 aromatic heterocycles. The quantitative estimate of drug-likeness (QED) is 0.0559. The van der Waals surface area contributed by atoms with E-state index in [9.17, 15) is 4.79 Å². The van der Waals surface area contributed by atoms with Crippen LogP contribution in [0.2, 0.25) is 0 Å². The molecule has 9 heteroatoms. The molecule has 8 unspecified atom stereocenters. The number of rotatable bonds is 14. The summed E-state index contributed by atoms with van der Waals surface area (Å²) in [4.78, 5) is 12.8. The van der Waals surface area contributed by atoms with Gasteiger partial charge in [-0.2, -0.15) is 0 Å². The average Bonchev–Trinajstić information content (AvgIpc) is 3.51. The van der Waals surface area contributed by atoms with Crippen molar-refractivity contribution >= 4 is 16.9 Å². The van der Waals surface area contributed by atoms with Gasteiger partial charge in [0.1, 0.15) is 6.10 Å². The number of benzene rings is 1. The van der Waals surface area contributed by atoms with Crippen LogP contribution in [-0.4, -0.2) is 49.2 Å². The summed E-state index contributed by atoms with van der Waals surface area (Å²) in [5, 5.41) is 6.16. The molecule has 4 aliphatic rings. The van der Waals surface area contributed by atoms with E-state index in [4.69, 9.17) is 25.7 Å². The molecule has 0 radical (unpaired) electrons. The first-order valence-corrected chi connectivity index (χ1v) is 23.1. The summed E-state index contributed by atoms with van der Waals surface area (Å²) in [6.07, 6.45) is 17.0. The first-order chi connectivity index (χ1) is 26.2. The van der Waals surface area contributed by atoms with Gasteiger partial charge in [-0.1, -0.05) is 84.6 Å². The largest absolute Gasteiger partial charge is 0.358 e. The van der Waals surface area contributed by atoms with E-state index >= 15 is 0 Å². The molecule has 1 aromatic rings. The van der Waals surface area contributed by atoms with Crippen LogP contribution in [0.1, 0.15) is 151 Å². The number of nitrogen functional groups attached to an aromatic ring is 1. The number of nitrogens with two attached hydrogens (primary N) is 2. The van der Waals surface area contributed by atoms with E-state index in [1.54, 1.807) is 23.7 Å². The molecule has 4 aliphatic carbocycles. The fraction of sp³-hybridized carbons (Fsp3) is 0.729. The Kier molecular flexibility index (Phi) is 26.5. The maximum absolute atomic E-state index is 12.8. The van der Waals surface area contributed by atoms with Gasteiger partial charge in [-0.3, -0.25) is 0 Å². The van der Waals surface area contributed by atoms with Crippen molar-refractivity contribution in [2.45, 2.75) is 157 Å². The van der Waals surface area contributed by atoms with Crippen molar-refractivity contribution in [3.63, 3.8) is 0 Å². The molecular weight excluding hydrogens is 889 g/mol. The van der Waals surface area contributed by atoms with E-state index in [0.717, 1.165) is 54.4 Å². The molecule has 8 nitrogen and oxygen atoms in total. The number of hydrogen-bond acceptors (Lipinski definition) is 7. The molecule has 1 aromatic carbocycles. The smallest absolute Gasteiger partial charge is 0.358 e. The predicted molar refractivity (Wildman–Crippen MR) is 239 cm³/mol. The summed E-state index contributed by atoms with van der Waals surface area (Å²) in [5.41, 5.74) is 15.2. The fourth-order valence-electron chi connectivity index (χ4n) is 9.84. The Morgan fingerprint density at radius 2 is 1.61 bits per heavy atom. The zero-order valence-corrected chi connectivity index (χ0v) is 40.7. The predicted octanol–water partition coefficient (Wildman–Crippen LogP) is 11.6. The minimum Gasteiger partial charge on any atom is -0.358 e. The van der Waals surface area contributed by atoms with Crippen LogP contribution in [0.3, 0.4) is 0 Å². The third-order valence-electron chi connectivity index (χ3n) is 12.8. The number of carbonyl (C=O) groups excluding carboxylic acids is 1. The van der Waals surface area contributed by atoms with Crippen LogP contribution in [0.25, 0.3) is 0 Å². The second kappa shape index (κ2) is 27.3. The van der Waals surface area contributed by atoms with Crippen LogP contribution >= 0.6 is 0 Å². The van der Waals surface area contributed by atoms with E-state index in [1.165, 1.54) is 57.8 Å². The summed E-state index contributed by atoms with van der Waals surface area (Å²) in [6, 6.07) is 7.39. The molecule has 5 N–H and O–H groups in total. The summed E-state index contributed by atoms with van der Waals surface area (Å²) in [5.74, 6) is 4.22. The number of anilines is 1. The summed E-state index contributed by atoms with van der Waals surface area (Å²) in [7, 11) is 3.26. The zero-order valence-electron chi connectivity index (χ0n) is 38.2. The number of allylic oxidation sites excluding steroid dienone is 1. The summed E-state index contributed by atoms with van der Waals surface area (Å²) < 4.78 is 22.3. The number of amides is 1. The maximum Gasteiger partial charge on any atom is -0.358 e. The Hall–Kier alpha value is -1.62. The summed E-state index contributed by atoms with van der Waals surface area (Å²) in [6.45, 7) is 21.2. The van der Waals surface area contributed by atoms with E-state index in [2.05, 4.69) is 56.0 Å². The van der Waals surface area contributed by atoms with Gasteiger partial charge in [-0.15, -0.1) is 0 Å². The second-order valence-electron chi connectivity index (χ2n) is 17.7. The van der Waals surface area contributed by atoms with Crippen LogP contribution in [0.5, 0.6) is 0 Å². The fourth-order valence-corrected chi connectivity index (χ4v) is 9.84. The summed E-state index contributed by atoms with van der Waals surface area (Å²) >= 11 is 1.61. The second-order valence-corrected chi connectivity index (χ2v) is 17.7. The molecule has 0 saturated heterocycles. The van der Waals surface area contributed by atoms with Gasteiger partial charge in [0.05, 0.1) is 13.2 Å². The minimum atomic E-state index is -0.562. The van der Waals surface area contributed by atoms with Gasteiger partial charge in [0, 0.05) is 36.4 Å². The van der Waals surface area contributed by atoms with Crippen molar-refractivity contribution in [2.75, 3.05) is 32.0 Å². The van der Waals surface area contributed by atoms with Crippen LogP contribution < -0.4 is 16.8 Å². The third-order valence-corrected chi connectivity index (χ3v) is 12.8. The molecule has 5 rings (SSSR count). The SMILES string of the molecule is CC.CC(C)CCCCC1CCC2C3CC=C4CC(OC(=O)NCCOC(OCCN)c5ccc(N)cc5)CCC4(C)C3CCC12C.[CH2-]OC(C)(C)C.[CH2]=[Os].[CH3-].[CH3-]. The van der Waals surface area contributed by atoms with Gasteiger partial charge in [0.2, 0.25) is 0 Å². The van der Waals surface area contributed by atoms with Crippen molar-refractivity contribution in [1.82, 2.24) is 5.32 Å². The number of unbranched alkanes of at least 4 members (excludes halogenated alkanes) is 1. The molecule has 0 aliphatic heterocycles. The normalized spacial score (nSPS) is 27.6. The molecule has 57 heavy (non-hydrogen) atoms. The standard InChI is InChI=1S/C38H61N3O4.C5H11O.C2H6.2CH3.CH2.Os/c1-26(2)7-5-6-8-28-12-16-33-32-15-11-29-25-31(17-19-38(29,4)34(32)18-20-37(28,33)3)45-36(42)41-22-24-44-35(43-23-21-39)27-9-13-30(40)14-10-27;1-5(2,3)6-4;1-2;;;;/h9-11,13-14,26,28,31-35H,5-8,12,15-25,39-40H2,1-4H3,(H,41,42);4H2,1-3H3;1-2H3;2*1H3;1H2;/q;-1;;2*-1;;. The van der Waals surface area contributed by atoms with Gasteiger partial charge < -0.3 is 50.6 Å².